The van der Waals surface area contributed by atoms with E-state index in [9.17, 15) is 13.2 Å². The van der Waals surface area contributed by atoms with Gasteiger partial charge in [0.15, 0.2) is 0 Å². The number of aromatic nitrogens is 1. The van der Waals surface area contributed by atoms with Crippen molar-refractivity contribution in [2.24, 2.45) is 0 Å². The molecule has 0 unspecified atom stereocenters. The van der Waals surface area contributed by atoms with Gasteiger partial charge in [0.2, 0.25) is 5.88 Å². The molecule has 0 amide bonds. The van der Waals surface area contributed by atoms with Gasteiger partial charge in [-0.05, 0) is 29.8 Å². The van der Waals surface area contributed by atoms with E-state index in [0.29, 0.717) is 18.1 Å². The summed E-state index contributed by atoms with van der Waals surface area (Å²) in [7, 11) is 0. The van der Waals surface area contributed by atoms with Crippen molar-refractivity contribution in [1.29, 1.82) is 5.26 Å². The van der Waals surface area contributed by atoms with Gasteiger partial charge in [-0.3, -0.25) is 0 Å². The van der Waals surface area contributed by atoms with Gasteiger partial charge < -0.3 is 9.47 Å². The van der Waals surface area contributed by atoms with Crippen molar-refractivity contribution in [3.8, 4) is 28.8 Å². The molecule has 2 aromatic carbocycles. The lowest BCUT2D eigenvalue weighted by Gasteiger charge is -2.14. The fourth-order valence-electron chi connectivity index (χ4n) is 2.40. The smallest absolute Gasteiger partial charge is 0.473 e. The van der Waals surface area contributed by atoms with Crippen molar-refractivity contribution in [1.82, 2.24) is 4.98 Å². The van der Waals surface area contributed by atoms with Crippen LogP contribution in [0.15, 0.2) is 66.9 Å². The van der Waals surface area contributed by atoms with Crippen molar-refractivity contribution in [3.05, 3.63) is 78.0 Å². The molecule has 3 rings (SSSR count). The Balaban J connectivity index is 1.81. The molecule has 27 heavy (non-hydrogen) atoms. The summed E-state index contributed by atoms with van der Waals surface area (Å²) in [6.07, 6.45) is -3.47. The van der Waals surface area contributed by atoms with Gasteiger partial charge in [0.05, 0.1) is 11.6 Å². The first-order valence-electron chi connectivity index (χ1n) is 7.88. The molecular formula is C20H13F3N2O2. The van der Waals surface area contributed by atoms with Gasteiger partial charge in [0.1, 0.15) is 12.4 Å². The van der Waals surface area contributed by atoms with Crippen LogP contribution in [-0.2, 0) is 6.61 Å². The van der Waals surface area contributed by atoms with Gasteiger partial charge in [0, 0.05) is 23.4 Å². The Labute approximate surface area is 153 Å². The predicted octanol–water partition coefficient (Wildman–Crippen LogP) is 5.10. The second kappa shape index (κ2) is 7.79. The monoisotopic (exact) mass is 370 g/mol. The average molecular weight is 370 g/mol. The Hall–Kier alpha value is -3.53. The molecular weight excluding hydrogens is 357 g/mol. The minimum Gasteiger partial charge on any atom is -0.473 e. The van der Waals surface area contributed by atoms with Crippen LogP contribution in [0.4, 0.5) is 13.2 Å². The summed E-state index contributed by atoms with van der Waals surface area (Å²) < 4.78 is 47.6. The molecule has 0 N–H and O–H groups in total. The number of hydrogen-bond donors (Lipinski definition) is 0. The van der Waals surface area contributed by atoms with Crippen LogP contribution in [0.1, 0.15) is 11.1 Å². The maximum Gasteiger partial charge on any atom is 0.573 e. The van der Waals surface area contributed by atoms with Gasteiger partial charge in [-0.2, -0.15) is 5.26 Å². The summed E-state index contributed by atoms with van der Waals surface area (Å²) in [6, 6.07) is 18.3. The Morgan fingerprint density at radius 2 is 1.78 bits per heavy atom. The number of alkyl halides is 3. The molecule has 0 fully saturated rings. The van der Waals surface area contributed by atoms with E-state index in [1.807, 2.05) is 30.3 Å². The van der Waals surface area contributed by atoms with Crippen LogP contribution in [0.2, 0.25) is 0 Å². The number of halogens is 3. The number of nitriles is 1. The molecule has 1 heterocycles. The van der Waals surface area contributed by atoms with E-state index in [1.165, 1.54) is 18.3 Å². The molecule has 136 valence electrons. The molecule has 0 aliphatic carbocycles. The van der Waals surface area contributed by atoms with Crippen LogP contribution in [0.3, 0.4) is 0 Å². The molecule has 0 spiro atoms. The molecule has 0 radical (unpaired) electrons. The molecule has 0 saturated carbocycles. The summed E-state index contributed by atoms with van der Waals surface area (Å²) in [4.78, 5) is 4.13. The third-order valence-corrected chi connectivity index (χ3v) is 3.61. The highest BCUT2D eigenvalue weighted by Gasteiger charge is 2.32. The fourth-order valence-corrected chi connectivity index (χ4v) is 2.40. The predicted molar refractivity (Wildman–Crippen MR) is 91.8 cm³/mol. The molecule has 0 atom stereocenters. The average Bonchev–Trinajstić information content (AvgIpc) is 2.66. The largest absolute Gasteiger partial charge is 0.573 e. The van der Waals surface area contributed by atoms with Gasteiger partial charge in [-0.25, -0.2) is 4.98 Å². The Kier molecular flexibility index (Phi) is 5.27. The summed E-state index contributed by atoms with van der Waals surface area (Å²) in [6.45, 7) is 0.326. The van der Waals surface area contributed by atoms with E-state index in [0.717, 1.165) is 11.6 Å². The Morgan fingerprint density at radius 1 is 1.00 bits per heavy atom. The first-order valence-corrected chi connectivity index (χ1v) is 7.88. The summed E-state index contributed by atoms with van der Waals surface area (Å²) in [5.41, 5.74) is 1.62. The molecule has 0 aliphatic rings. The molecule has 0 saturated heterocycles. The summed E-state index contributed by atoms with van der Waals surface area (Å²) in [5, 5.41) is 8.90. The van der Waals surface area contributed by atoms with Gasteiger partial charge in [-0.15, -0.1) is 13.2 Å². The molecule has 1 aromatic heterocycles. The van der Waals surface area contributed by atoms with E-state index >= 15 is 0 Å². The number of ether oxygens (including phenoxy) is 2. The Bertz CT molecular complexity index is 950. The molecule has 3 aromatic rings. The van der Waals surface area contributed by atoms with Crippen molar-refractivity contribution in [3.63, 3.8) is 0 Å². The van der Waals surface area contributed by atoms with E-state index in [-0.39, 0.29) is 11.1 Å². The topological polar surface area (TPSA) is 55.1 Å². The van der Waals surface area contributed by atoms with Crippen LogP contribution >= 0.6 is 0 Å². The van der Waals surface area contributed by atoms with E-state index in [4.69, 9.17) is 10.00 Å². The lowest BCUT2D eigenvalue weighted by atomic mass is 10.0. The minimum absolute atomic E-state index is 0.0637. The maximum absolute atomic E-state index is 12.7. The molecule has 7 heteroatoms. The van der Waals surface area contributed by atoms with Crippen LogP contribution in [0.5, 0.6) is 11.6 Å². The summed E-state index contributed by atoms with van der Waals surface area (Å²) in [5.74, 6) is -0.115. The van der Waals surface area contributed by atoms with Crippen molar-refractivity contribution < 1.29 is 22.6 Å². The van der Waals surface area contributed by atoms with Gasteiger partial charge in [-0.1, -0.05) is 30.3 Å². The highest BCUT2D eigenvalue weighted by Crippen LogP contribution is 2.34. The second-order valence-electron chi connectivity index (χ2n) is 5.53. The van der Waals surface area contributed by atoms with Crippen molar-refractivity contribution in [2.75, 3.05) is 0 Å². The quantitative estimate of drug-likeness (QED) is 0.627. The standard InChI is InChI=1S/C20H13F3N2O2/c21-20(22,23)27-18-10-15(11-24)6-8-17(18)16-7-9-19(25-12-16)26-13-14-4-2-1-3-5-14/h1-10,12H,13H2. The SMILES string of the molecule is N#Cc1ccc(-c2ccc(OCc3ccccc3)nc2)c(OC(F)(F)F)c1. The first-order chi connectivity index (χ1) is 12.9. The van der Waals surface area contributed by atoms with Crippen molar-refractivity contribution in [2.45, 2.75) is 13.0 Å². The van der Waals surface area contributed by atoms with Gasteiger partial charge >= 0.3 is 6.36 Å². The third-order valence-electron chi connectivity index (χ3n) is 3.61. The highest BCUT2D eigenvalue weighted by atomic mass is 19.4. The fraction of sp³-hybridized carbons (Fsp3) is 0.100. The molecule has 0 aliphatic heterocycles. The van der Waals surface area contributed by atoms with Crippen LogP contribution in [-0.4, -0.2) is 11.3 Å². The minimum atomic E-state index is -4.87. The molecule has 0 bridgehead atoms. The zero-order valence-corrected chi connectivity index (χ0v) is 13.9. The number of nitrogens with zero attached hydrogens (tertiary/aromatic N) is 2. The number of pyridine rings is 1. The zero-order chi connectivity index (χ0) is 19.3. The lowest BCUT2D eigenvalue weighted by molar-refractivity contribution is -0.274. The number of rotatable bonds is 5. The van der Waals surface area contributed by atoms with Crippen LogP contribution in [0.25, 0.3) is 11.1 Å². The summed E-state index contributed by atoms with van der Waals surface area (Å²) >= 11 is 0. The van der Waals surface area contributed by atoms with Crippen LogP contribution < -0.4 is 9.47 Å². The van der Waals surface area contributed by atoms with E-state index in [2.05, 4.69) is 9.72 Å². The zero-order valence-electron chi connectivity index (χ0n) is 13.9. The third kappa shape index (κ3) is 4.98. The van der Waals surface area contributed by atoms with Crippen molar-refractivity contribution >= 4 is 0 Å². The molecule has 4 nitrogen and oxygen atoms in total. The lowest BCUT2D eigenvalue weighted by Crippen LogP contribution is -2.17. The maximum atomic E-state index is 12.7. The van der Waals surface area contributed by atoms with E-state index < -0.39 is 12.1 Å². The van der Waals surface area contributed by atoms with Gasteiger partial charge in [0.25, 0.3) is 0 Å². The van der Waals surface area contributed by atoms with Crippen LogP contribution in [0, 0.1) is 11.3 Å². The normalized spacial score (nSPS) is 10.9. The Morgan fingerprint density at radius 3 is 2.41 bits per heavy atom. The van der Waals surface area contributed by atoms with E-state index in [1.54, 1.807) is 18.2 Å². The highest BCUT2D eigenvalue weighted by molar-refractivity contribution is 5.71. The number of benzene rings is 2. The number of hydrogen-bond acceptors (Lipinski definition) is 4. The first kappa shape index (κ1) is 18.3. The second-order valence-corrected chi connectivity index (χ2v) is 5.53.